The Morgan fingerprint density at radius 1 is 1.04 bits per heavy atom. The van der Waals surface area contributed by atoms with Gasteiger partial charge in [-0.25, -0.2) is 4.98 Å². The molecule has 0 saturated carbocycles. The third-order valence-electron chi connectivity index (χ3n) is 4.82. The fourth-order valence-electron chi connectivity index (χ4n) is 3.46. The van der Waals surface area contributed by atoms with E-state index in [0.717, 1.165) is 48.5 Å². The molecular weight excluding hydrogens is 324 g/mol. The molecule has 1 saturated heterocycles. The highest BCUT2D eigenvalue weighted by molar-refractivity contribution is 5.90. The molecule has 0 bridgehead atoms. The van der Waals surface area contributed by atoms with Gasteiger partial charge in [0.15, 0.2) is 0 Å². The monoisotopic (exact) mass is 348 g/mol. The van der Waals surface area contributed by atoms with E-state index in [-0.39, 0.29) is 0 Å². The van der Waals surface area contributed by atoms with Crippen LogP contribution in [0, 0.1) is 0 Å². The number of methoxy groups -OCH3 is 1. The van der Waals surface area contributed by atoms with Crippen LogP contribution in [0.15, 0.2) is 48.5 Å². The first kappa shape index (κ1) is 16.6. The first-order chi connectivity index (χ1) is 12.8. The van der Waals surface area contributed by atoms with E-state index in [1.807, 2.05) is 18.2 Å². The van der Waals surface area contributed by atoms with Gasteiger partial charge in [-0.1, -0.05) is 24.3 Å². The van der Waals surface area contributed by atoms with Crippen LogP contribution >= 0.6 is 0 Å². The lowest BCUT2D eigenvalue weighted by molar-refractivity contribution is 0.414. The van der Waals surface area contributed by atoms with Gasteiger partial charge in [-0.2, -0.15) is 4.98 Å². The molecular formula is C21H24N4O. The number of fused-ring (bicyclic) bond motifs is 1. The lowest BCUT2D eigenvalue weighted by Gasteiger charge is -2.19. The van der Waals surface area contributed by atoms with E-state index in [1.54, 1.807) is 7.11 Å². The Balaban J connectivity index is 1.52. The fourth-order valence-corrected chi connectivity index (χ4v) is 3.46. The second-order valence-electron chi connectivity index (χ2n) is 6.61. The average Bonchev–Trinajstić information content (AvgIpc) is 3.22. The van der Waals surface area contributed by atoms with Crippen LogP contribution in [0.3, 0.4) is 0 Å². The number of para-hydroxylation sites is 1. The summed E-state index contributed by atoms with van der Waals surface area (Å²) in [5.74, 6) is 2.64. The highest BCUT2D eigenvalue weighted by Crippen LogP contribution is 2.27. The maximum absolute atomic E-state index is 5.29. The molecule has 4 rings (SSSR count). The molecule has 1 aromatic heterocycles. The normalized spacial score (nSPS) is 14.0. The third kappa shape index (κ3) is 3.57. The minimum absolute atomic E-state index is 0.702. The van der Waals surface area contributed by atoms with Crippen molar-refractivity contribution >= 4 is 22.7 Å². The van der Waals surface area contributed by atoms with Crippen molar-refractivity contribution in [3.63, 3.8) is 0 Å². The summed E-state index contributed by atoms with van der Waals surface area (Å²) in [6.07, 6.45) is 3.36. The molecule has 1 fully saturated rings. The van der Waals surface area contributed by atoms with Gasteiger partial charge in [0.25, 0.3) is 0 Å². The quantitative estimate of drug-likeness (QED) is 0.732. The lowest BCUT2D eigenvalue weighted by atomic mass is 10.1. The number of ether oxygens (including phenoxy) is 1. The Morgan fingerprint density at radius 2 is 1.88 bits per heavy atom. The minimum atomic E-state index is 0.702. The largest absolute Gasteiger partial charge is 0.497 e. The van der Waals surface area contributed by atoms with Crippen LogP contribution in [-0.2, 0) is 6.42 Å². The van der Waals surface area contributed by atoms with Crippen molar-refractivity contribution in [3.05, 3.63) is 54.1 Å². The average molecular weight is 348 g/mol. The maximum Gasteiger partial charge on any atom is 0.225 e. The predicted octanol–water partition coefficient (Wildman–Crippen LogP) is 3.89. The molecule has 5 nitrogen and oxygen atoms in total. The molecule has 2 heterocycles. The number of hydrogen-bond donors (Lipinski definition) is 1. The molecule has 1 aliphatic rings. The van der Waals surface area contributed by atoms with E-state index < -0.39 is 0 Å². The molecule has 3 aromatic rings. The van der Waals surface area contributed by atoms with Crippen LogP contribution in [0.2, 0.25) is 0 Å². The zero-order valence-electron chi connectivity index (χ0n) is 15.1. The van der Waals surface area contributed by atoms with E-state index >= 15 is 0 Å². The fraction of sp³-hybridized carbons (Fsp3) is 0.333. The Kier molecular flexibility index (Phi) is 4.86. The van der Waals surface area contributed by atoms with Gasteiger partial charge >= 0.3 is 0 Å². The summed E-state index contributed by atoms with van der Waals surface area (Å²) in [5, 5.41) is 4.53. The van der Waals surface area contributed by atoms with Gasteiger partial charge in [-0.15, -0.1) is 0 Å². The summed E-state index contributed by atoms with van der Waals surface area (Å²) in [4.78, 5) is 11.9. The number of anilines is 2. The summed E-state index contributed by atoms with van der Waals surface area (Å²) in [6, 6.07) is 16.4. The SMILES string of the molecule is COc1cccc(CCNc2nc(N3CCCC3)c3ccccc3n2)c1. The second-order valence-corrected chi connectivity index (χ2v) is 6.61. The molecule has 0 atom stereocenters. The Bertz CT molecular complexity index is 890. The van der Waals surface area contributed by atoms with Gasteiger partial charge in [-0.3, -0.25) is 0 Å². The van der Waals surface area contributed by atoms with Crippen molar-refractivity contribution < 1.29 is 4.74 Å². The molecule has 1 aliphatic heterocycles. The minimum Gasteiger partial charge on any atom is -0.497 e. The van der Waals surface area contributed by atoms with Crippen LogP contribution in [0.5, 0.6) is 5.75 Å². The zero-order chi connectivity index (χ0) is 17.8. The van der Waals surface area contributed by atoms with Crippen molar-refractivity contribution in [1.29, 1.82) is 0 Å². The maximum atomic E-state index is 5.29. The second kappa shape index (κ2) is 7.60. The van der Waals surface area contributed by atoms with Crippen LogP contribution in [0.1, 0.15) is 18.4 Å². The van der Waals surface area contributed by atoms with E-state index in [4.69, 9.17) is 14.7 Å². The Morgan fingerprint density at radius 3 is 2.73 bits per heavy atom. The third-order valence-corrected chi connectivity index (χ3v) is 4.82. The molecule has 0 amide bonds. The predicted molar refractivity (Wildman–Crippen MR) is 106 cm³/mol. The Hall–Kier alpha value is -2.82. The topological polar surface area (TPSA) is 50.3 Å². The van der Waals surface area contributed by atoms with Crippen molar-refractivity contribution in [2.75, 3.05) is 37.0 Å². The number of hydrogen-bond acceptors (Lipinski definition) is 5. The van der Waals surface area contributed by atoms with Crippen LogP contribution in [0.25, 0.3) is 10.9 Å². The molecule has 0 unspecified atom stereocenters. The standard InChI is InChI=1S/C21H24N4O/c1-26-17-8-6-7-16(15-17)11-12-22-21-23-19-10-3-2-9-18(19)20(24-21)25-13-4-5-14-25/h2-3,6-10,15H,4-5,11-14H2,1H3,(H,22,23,24). The molecule has 0 aliphatic carbocycles. The van der Waals surface area contributed by atoms with Gasteiger partial charge in [0.2, 0.25) is 5.95 Å². The van der Waals surface area contributed by atoms with E-state index in [1.165, 1.54) is 18.4 Å². The molecule has 134 valence electrons. The molecule has 0 spiro atoms. The highest BCUT2D eigenvalue weighted by atomic mass is 16.5. The van der Waals surface area contributed by atoms with Crippen LogP contribution in [0.4, 0.5) is 11.8 Å². The lowest BCUT2D eigenvalue weighted by Crippen LogP contribution is -2.20. The Labute approximate surface area is 154 Å². The molecule has 2 aromatic carbocycles. The molecule has 1 N–H and O–H groups in total. The van der Waals surface area contributed by atoms with Gasteiger partial charge in [0.05, 0.1) is 12.6 Å². The van der Waals surface area contributed by atoms with Gasteiger partial charge in [-0.05, 0) is 49.1 Å². The van der Waals surface area contributed by atoms with Crippen molar-refractivity contribution in [1.82, 2.24) is 9.97 Å². The summed E-state index contributed by atoms with van der Waals surface area (Å²) >= 11 is 0. The summed E-state index contributed by atoms with van der Waals surface area (Å²) in [6.45, 7) is 2.93. The first-order valence-electron chi connectivity index (χ1n) is 9.22. The number of benzene rings is 2. The van der Waals surface area contributed by atoms with Gasteiger partial charge in [0, 0.05) is 25.0 Å². The number of aromatic nitrogens is 2. The summed E-state index contributed by atoms with van der Waals surface area (Å²) in [5.41, 5.74) is 2.23. The van der Waals surface area contributed by atoms with Crippen molar-refractivity contribution in [2.45, 2.75) is 19.3 Å². The van der Waals surface area contributed by atoms with Crippen molar-refractivity contribution in [3.8, 4) is 5.75 Å². The van der Waals surface area contributed by atoms with Crippen LogP contribution < -0.4 is 15.0 Å². The smallest absolute Gasteiger partial charge is 0.225 e. The highest BCUT2D eigenvalue weighted by Gasteiger charge is 2.17. The van der Waals surface area contributed by atoms with E-state index in [2.05, 4.69) is 40.5 Å². The van der Waals surface area contributed by atoms with Crippen LogP contribution in [-0.4, -0.2) is 36.7 Å². The zero-order valence-corrected chi connectivity index (χ0v) is 15.1. The molecule has 26 heavy (non-hydrogen) atoms. The number of rotatable bonds is 6. The van der Waals surface area contributed by atoms with E-state index in [9.17, 15) is 0 Å². The number of nitrogens with one attached hydrogen (secondary N) is 1. The summed E-state index contributed by atoms with van der Waals surface area (Å²) in [7, 11) is 1.69. The van der Waals surface area contributed by atoms with Crippen molar-refractivity contribution in [2.24, 2.45) is 0 Å². The van der Waals surface area contributed by atoms with E-state index in [0.29, 0.717) is 5.95 Å². The summed E-state index contributed by atoms with van der Waals surface area (Å²) < 4.78 is 5.29. The van der Waals surface area contributed by atoms with Gasteiger partial charge < -0.3 is 15.0 Å². The van der Waals surface area contributed by atoms with Gasteiger partial charge in [0.1, 0.15) is 11.6 Å². The first-order valence-corrected chi connectivity index (χ1v) is 9.22. The molecule has 0 radical (unpaired) electrons. The molecule has 5 heteroatoms. The number of nitrogens with zero attached hydrogens (tertiary/aromatic N) is 3.